The summed E-state index contributed by atoms with van der Waals surface area (Å²) < 4.78 is 0. The van der Waals surface area contributed by atoms with Gasteiger partial charge in [0, 0.05) is 19.0 Å². The van der Waals surface area contributed by atoms with E-state index in [1.54, 1.807) is 4.90 Å². The number of likely N-dealkylation sites (tertiary alicyclic amines) is 1. The first-order chi connectivity index (χ1) is 8.79. The van der Waals surface area contributed by atoms with Crippen molar-refractivity contribution in [3.8, 4) is 0 Å². The molecule has 0 aromatic rings. The Balaban J connectivity index is 1.79. The van der Waals surface area contributed by atoms with E-state index in [0.29, 0.717) is 24.4 Å². The van der Waals surface area contributed by atoms with Crippen LogP contribution in [0.25, 0.3) is 0 Å². The summed E-state index contributed by atoms with van der Waals surface area (Å²) >= 11 is 0. The third-order valence-corrected chi connectivity index (χ3v) is 4.84. The predicted molar refractivity (Wildman–Crippen MR) is 72.6 cm³/mol. The number of rotatable bonds is 2. The van der Waals surface area contributed by atoms with E-state index < -0.39 is 5.97 Å². The van der Waals surface area contributed by atoms with E-state index >= 15 is 0 Å². The Hall–Kier alpha value is -1.06. The Morgan fingerprint density at radius 1 is 1.00 bits per heavy atom. The minimum atomic E-state index is -0.777. The molecule has 0 unspecified atom stereocenters. The van der Waals surface area contributed by atoms with Crippen LogP contribution in [0.5, 0.6) is 0 Å². The fraction of sp³-hybridized carbons (Fsp3) is 0.867. The first-order valence-electron chi connectivity index (χ1n) is 7.30. The number of nitrogens with zero attached hydrogens (tertiary/aromatic N) is 1. The third-order valence-electron chi connectivity index (χ3n) is 4.84. The molecule has 0 bridgehead atoms. The summed E-state index contributed by atoms with van der Waals surface area (Å²) in [5.41, 5.74) is 0.333. The van der Waals surface area contributed by atoms with Crippen LogP contribution in [0.1, 0.15) is 46.5 Å². The Kier molecular flexibility index (Phi) is 3.88. The Morgan fingerprint density at radius 3 is 1.95 bits per heavy atom. The summed E-state index contributed by atoms with van der Waals surface area (Å²) in [5, 5.41) is 8.83. The van der Waals surface area contributed by atoms with Crippen LogP contribution in [0.3, 0.4) is 0 Å². The van der Waals surface area contributed by atoms with Gasteiger partial charge in [0.2, 0.25) is 5.91 Å². The predicted octanol–water partition coefficient (Wildman–Crippen LogP) is 2.38. The number of aliphatic carboxylic acids is 1. The summed E-state index contributed by atoms with van der Waals surface area (Å²) in [7, 11) is 0. The van der Waals surface area contributed by atoms with Crippen molar-refractivity contribution in [3.63, 3.8) is 0 Å². The molecule has 1 saturated carbocycles. The molecule has 2 fully saturated rings. The molecule has 4 heteroatoms. The summed E-state index contributed by atoms with van der Waals surface area (Å²) in [4.78, 5) is 24.7. The Bertz CT molecular complexity index is 358. The van der Waals surface area contributed by atoms with Gasteiger partial charge in [-0.1, -0.05) is 20.8 Å². The molecule has 2 rings (SSSR count). The molecule has 1 saturated heterocycles. The van der Waals surface area contributed by atoms with E-state index in [1.807, 2.05) is 0 Å². The molecule has 0 spiro atoms. The monoisotopic (exact) mass is 267 g/mol. The second-order valence-corrected chi connectivity index (χ2v) is 7.19. The first-order valence-corrected chi connectivity index (χ1v) is 7.30. The topological polar surface area (TPSA) is 57.6 Å². The van der Waals surface area contributed by atoms with E-state index in [9.17, 15) is 9.59 Å². The van der Waals surface area contributed by atoms with Crippen molar-refractivity contribution in [1.82, 2.24) is 4.90 Å². The SMILES string of the molecule is CC(C)(C)C1CCC(C(=O)N2CC(C(=O)O)C2)CC1. The number of hydrogen-bond donors (Lipinski definition) is 1. The molecule has 1 aliphatic heterocycles. The number of carbonyl (C=O) groups is 2. The van der Waals surface area contributed by atoms with Crippen LogP contribution in [0.2, 0.25) is 0 Å². The molecule has 1 heterocycles. The van der Waals surface area contributed by atoms with Crippen molar-refractivity contribution in [3.05, 3.63) is 0 Å². The van der Waals surface area contributed by atoms with Crippen molar-refractivity contribution >= 4 is 11.9 Å². The zero-order valence-electron chi connectivity index (χ0n) is 12.2. The van der Waals surface area contributed by atoms with E-state index in [1.165, 1.54) is 0 Å². The van der Waals surface area contributed by atoms with Crippen molar-refractivity contribution in [1.29, 1.82) is 0 Å². The number of carboxylic acid groups (broad SMARTS) is 1. The lowest BCUT2D eigenvalue weighted by atomic mass is 9.69. The quantitative estimate of drug-likeness (QED) is 0.835. The fourth-order valence-electron chi connectivity index (χ4n) is 3.28. The normalized spacial score (nSPS) is 28.9. The molecule has 1 N–H and O–H groups in total. The maximum atomic E-state index is 12.2. The van der Waals surface area contributed by atoms with Gasteiger partial charge in [0.25, 0.3) is 0 Å². The van der Waals surface area contributed by atoms with Crippen molar-refractivity contribution in [2.75, 3.05) is 13.1 Å². The van der Waals surface area contributed by atoms with Gasteiger partial charge < -0.3 is 10.0 Å². The van der Waals surface area contributed by atoms with Crippen LogP contribution in [-0.2, 0) is 9.59 Å². The summed E-state index contributed by atoms with van der Waals surface area (Å²) in [6.07, 6.45) is 4.18. The fourth-order valence-corrected chi connectivity index (χ4v) is 3.28. The maximum absolute atomic E-state index is 12.2. The highest BCUT2D eigenvalue weighted by Gasteiger charge is 2.40. The highest BCUT2D eigenvalue weighted by atomic mass is 16.4. The largest absolute Gasteiger partial charge is 0.481 e. The van der Waals surface area contributed by atoms with Gasteiger partial charge in [0.1, 0.15) is 0 Å². The molecule has 1 aliphatic carbocycles. The van der Waals surface area contributed by atoms with Crippen LogP contribution < -0.4 is 0 Å². The minimum absolute atomic E-state index is 0.133. The zero-order valence-corrected chi connectivity index (χ0v) is 12.2. The molecule has 0 aromatic carbocycles. The molecule has 4 nitrogen and oxygen atoms in total. The van der Waals surface area contributed by atoms with E-state index in [2.05, 4.69) is 20.8 Å². The molecule has 108 valence electrons. The summed E-state index contributed by atoms with van der Waals surface area (Å²) in [6.45, 7) is 7.63. The number of hydrogen-bond acceptors (Lipinski definition) is 2. The lowest BCUT2D eigenvalue weighted by Crippen LogP contribution is -2.55. The third kappa shape index (κ3) is 3.10. The van der Waals surface area contributed by atoms with Gasteiger partial charge in [-0.2, -0.15) is 0 Å². The van der Waals surface area contributed by atoms with Gasteiger partial charge in [-0.15, -0.1) is 0 Å². The summed E-state index contributed by atoms with van der Waals surface area (Å²) in [5.74, 6) is -0.0896. The smallest absolute Gasteiger partial charge is 0.310 e. The van der Waals surface area contributed by atoms with Crippen molar-refractivity contribution in [2.24, 2.45) is 23.2 Å². The van der Waals surface area contributed by atoms with Gasteiger partial charge in [0.15, 0.2) is 0 Å². The molecule has 19 heavy (non-hydrogen) atoms. The second-order valence-electron chi connectivity index (χ2n) is 7.19. The van der Waals surface area contributed by atoms with Crippen LogP contribution in [0.4, 0.5) is 0 Å². The molecule has 0 radical (unpaired) electrons. The van der Waals surface area contributed by atoms with Gasteiger partial charge >= 0.3 is 5.97 Å². The molecular weight excluding hydrogens is 242 g/mol. The standard InChI is InChI=1S/C15H25NO3/c1-15(2,3)12-6-4-10(5-7-12)13(17)16-8-11(9-16)14(18)19/h10-12H,4-9H2,1-3H3,(H,18,19). The minimum Gasteiger partial charge on any atom is -0.481 e. The maximum Gasteiger partial charge on any atom is 0.310 e. The molecule has 1 amide bonds. The van der Waals surface area contributed by atoms with E-state index in [0.717, 1.165) is 25.7 Å². The highest BCUT2D eigenvalue weighted by molar-refractivity contribution is 5.82. The van der Waals surface area contributed by atoms with E-state index in [4.69, 9.17) is 5.11 Å². The highest BCUT2D eigenvalue weighted by Crippen LogP contribution is 2.40. The van der Waals surface area contributed by atoms with Gasteiger partial charge in [0.05, 0.1) is 5.92 Å². The van der Waals surface area contributed by atoms with Gasteiger partial charge in [-0.25, -0.2) is 0 Å². The van der Waals surface area contributed by atoms with Crippen LogP contribution in [0.15, 0.2) is 0 Å². The second kappa shape index (κ2) is 5.14. The first kappa shape index (κ1) is 14.4. The van der Waals surface area contributed by atoms with Gasteiger partial charge in [-0.3, -0.25) is 9.59 Å². The number of carboxylic acids is 1. The zero-order chi connectivity index (χ0) is 14.2. The van der Waals surface area contributed by atoms with E-state index in [-0.39, 0.29) is 17.7 Å². The average molecular weight is 267 g/mol. The number of amides is 1. The molecule has 2 aliphatic rings. The Morgan fingerprint density at radius 2 is 1.53 bits per heavy atom. The lowest BCUT2D eigenvalue weighted by Gasteiger charge is -2.42. The average Bonchev–Trinajstić information content (AvgIpc) is 2.25. The van der Waals surface area contributed by atoms with Crippen molar-refractivity contribution < 1.29 is 14.7 Å². The molecular formula is C15H25NO3. The Labute approximate surface area is 115 Å². The van der Waals surface area contributed by atoms with Crippen molar-refractivity contribution in [2.45, 2.75) is 46.5 Å². The van der Waals surface area contributed by atoms with Crippen LogP contribution in [0, 0.1) is 23.2 Å². The number of carbonyl (C=O) groups excluding carboxylic acids is 1. The van der Waals surface area contributed by atoms with Gasteiger partial charge in [-0.05, 0) is 37.0 Å². The van der Waals surface area contributed by atoms with Crippen LogP contribution in [-0.4, -0.2) is 35.0 Å². The molecule has 0 aromatic heterocycles. The molecule has 0 atom stereocenters. The lowest BCUT2D eigenvalue weighted by molar-refractivity contribution is -0.155. The van der Waals surface area contributed by atoms with Crippen LogP contribution >= 0.6 is 0 Å². The summed E-state index contributed by atoms with van der Waals surface area (Å²) in [6, 6.07) is 0.